The Kier molecular flexibility index (Phi) is 5.83. The highest BCUT2D eigenvalue weighted by Gasteiger charge is 2.16. The second-order valence-corrected chi connectivity index (χ2v) is 5.49. The molecule has 20 heavy (non-hydrogen) atoms. The van der Waals surface area contributed by atoms with Crippen molar-refractivity contribution < 1.29 is 9.53 Å². The fraction of sp³-hybridized carbons (Fsp3) is 0.533. The van der Waals surface area contributed by atoms with Gasteiger partial charge in [-0.25, -0.2) is 0 Å². The molecule has 1 aromatic rings. The summed E-state index contributed by atoms with van der Waals surface area (Å²) in [6, 6.07) is 7.96. The van der Waals surface area contributed by atoms with E-state index in [0.29, 0.717) is 6.54 Å². The summed E-state index contributed by atoms with van der Waals surface area (Å²) in [6.07, 6.45) is 1.79. The third kappa shape index (κ3) is 4.47. The molecular weight excluding hydrogens is 276 g/mol. The number of rotatable bonds is 5. The van der Waals surface area contributed by atoms with E-state index < -0.39 is 0 Å². The topological polar surface area (TPSA) is 50.4 Å². The Balaban J connectivity index is 1.76. The zero-order chi connectivity index (χ0) is 14.4. The molecule has 1 amide bonds. The Labute approximate surface area is 124 Å². The van der Waals surface area contributed by atoms with E-state index in [1.165, 1.54) is 0 Å². The molecule has 0 unspecified atom stereocenters. The van der Waals surface area contributed by atoms with Crippen LogP contribution in [0.3, 0.4) is 0 Å². The number of hydrogen-bond acceptors (Lipinski definition) is 3. The summed E-state index contributed by atoms with van der Waals surface area (Å²) >= 11 is 6.14. The first-order valence-corrected chi connectivity index (χ1v) is 7.39. The zero-order valence-electron chi connectivity index (χ0n) is 11.7. The van der Waals surface area contributed by atoms with Crippen molar-refractivity contribution in [3.63, 3.8) is 0 Å². The van der Waals surface area contributed by atoms with Gasteiger partial charge < -0.3 is 15.4 Å². The quantitative estimate of drug-likeness (QED) is 0.876. The molecule has 1 atom stereocenters. The van der Waals surface area contributed by atoms with Crippen LogP contribution in [-0.4, -0.2) is 31.7 Å². The molecule has 0 bridgehead atoms. The third-order valence-corrected chi connectivity index (χ3v) is 3.87. The molecule has 4 nitrogen and oxygen atoms in total. The van der Waals surface area contributed by atoms with Crippen molar-refractivity contribution in [2.75, 3.05) is 19.8 Å². The summed E-state index contributed by atoms with van der Waals surface area (Å²) in [4.78, 5) is 11.9. The van der Waals surface area contributed by atoms with Gasteiger partial charge in [0.05, 0.1) is 6.54 Å². The molecule has 5 heteroatoms. The van der Waals surface area contributed by atoms with Crippen LogP contribution >= 0.6 is 11.6 Å². The molecule has 0 radical (unpaired) electrons. The molecule has 110 valence electrons. The van der Waals surface area contributed by atoms with Crippen LogP contribution in [0, 0.1) is 0 Å². The Morgan fingerprint density at radius 1 is 1.40 bits per heavy atom. The lowest BCUT2D eigenvalue weighted by atomic mass is 10.1. The van der Waals surface area contributed by atoms with E-state index in [0.717, 1.165) is 36.6 Å². The van der Waals surface area contributed by atoms with Crippen molar-refractivity contribution in [1.82, 2.24) is 10.6 Å². The molecule has 0 aliphatic carbocycles. The maximum Gasteiger partial charge on any atom is 0.234 e. The maximum atomic E-state index is 11.9. The average molecular weight is 297 g/mol. The fourth-order valence-corrected chi connectivity index (χ4v) is 2.60. The molecule has 1 aliphatic rings. The van der Waals surface area contributed by atoms with E-state index in [4.69, 9.17) is 16.3 Å². The first-order chi connectivity index (χ1) is 9.66. The Morgan fingerprint density at radius 2 is 2.10 bits per heavy atom. The number of benzene rings is 1. The number of carbonyl (C=O) groups excluding carboxylic acids is 1. The van der Waals surface area contributed by atoms with Gasteiger partial charge in [-0.15, -0.1) is 0 Å². The molecule has 0 spiro atoms. The lowest BCUT2D eigenvalue weighted by Crippen LogP contribution is -2.43. The summed E-state index contributed by atoms with van der Waals surface area (Å²) < 4.78 is 5.27. The normalized spacial score (nSPS) is 17.7. The van der Waals surface area contributed by atoms with E-state index in [2.05, 4.69) is 10.6 Å². The van der Waals surface area contributed by atoms with Crippen LogP contribution in [0.4, 0.5) is 0 Å². The standard InChI is InChI=1S/C15H21ClN2O2/c1-11(13-4-2-3-5-14(13)16)17-10-15(19)18-12-6-8-20-9-7-12/h2-5,11-12,17H,6-10H2,1H3,(H,18,19)/t11-/m1/s1. The molecule has 2 N–H and O–H groups in total. The number of amides is 1. The van der Waals surface area contributed by atoms with Gasteiger partial charge in [0.2, 0.25) is 5.91 Å². The number of carbonyl (C=O) groups is 1. The van der Waals surface area contributed by atoms with Gasteiger partial charge in [0.15, 0.2) is 0 Å². The summed E-state index contributed by atoms with van der Waals surface area (Å²) in [5, 5.41) is 6.95. The third-order valence-electron chi connectivity index (χ3n) is 3.53. The van der Waals surface area contributed by atoms with Gasteiger partial charge in [0, 0.05) is 30.3 Å². The average Bonchev–Trinajstić information content (AvgIpc) is 2.46. The highest BCUT2D eigenvalue weighted by Crippen LogP contribution is 2.21. The van der Waals surface area contributed by atoms with Crippen molar-refractivity contribution in [1.29, 1.82) is 0 Å². The zero-order valence-corrected chi connectivity index (χ0v) is 12.5. The molecule has 2 rings (SSSR count). The number of halogens is 1. The van der Waals surface area contributed by atoms with Gasteiger partial charge >= 0.3 is 0 Å². The van der Waals surface area contributed by atoms with Gasteiger partial charge in [-0.2, -0.15) is 0 Å². The van der Waals surface area contributed by atoms with Gasteiger partial charge in [-0.1, -0.05) is 29.8 Å². The molecule has 0 aromatic heterocycles. The molecular formula is C15H21ClN2O2. The van der Waals surface area contributed by atoms with Gasteiger partial charge in [-0.05, 0) is 31.4 Å². The van der Waals surface area contributed by atoms with Crippen LogP contribution in [0.2, 0.25) is 5.02 Å². The Bertz CT molecular complexity index is 447. The van der Waals surface area contributed by atoms with Crippen LogP contribution < -0.4 is 10.6 Å². The van der Waals surface area contributed by atoms with E-state index in [1.54, 1.807) is 0 Å². The summed E-state index contributed by atoms with van der Waals surface area (Å²) in [7, 11) is 0. The minimum Gasteiger partial charge on any atom is -0.381 e. The van der Waals surface area contributed by atoms with Gasteiger partial charge in [-0.3, -0.25) is 4.79 Å². The van der Waals surface area contributed by atoms with E-state index >= 15 is 0 Å². The van der Waals surface area contributed by atoms with E-state index in [-0.39, 0.29) is 18.0 Å². The SMILES string of the molecule is C[C@@H](NCC(=O)NC1CCOCC1)c1ccccc1Cl. The smallest absolute Gasteiger partial charge is 0.234 e. The highest BCUT2D eigenvalue weighted by atomic mass is 35.5. The van der Waals surface area contributed by atoms with E-state index in [1.807, 2.05) is 31.2 Å². The maximum absolute atomic E-state index is 11.9. The van der Waals surface area contributed by atoms with E-state index in [9.17, 15) is 4.79 Å². The van der Waals surface area contributed by atoms with Crippen molar-refractivity contribution in [2.24, 2.45) is 0 Å². The molecule has 1 aromatic carbocycles. The van der Waals surface area contributed by atoms with Gasteiger partial charge in [0.25, 0.3) is 0 Å². The number of hydrogen-bond donors (Lipinski definition) is 2. The number of ether oxygens (including phenoxy) is 1. The summed E-state index contributed by atoms with van der Waals surface area (Å²) in [5.74, 6) is 0.0239. The second kappa shape index (κ2) is 7.62. The predicted molar refractivity (Wildman–Crippen MR) is 79.9 cm³/mol. The van der Waals surface area contributed by atoms with Crippen molar-refractivity contribution in [3.8, 4) is 0 Å². The molecule has 1 aliphatic heterocycles. The monoisotopic (exact) mass is 296 g/mol. The predicted octanol–water partition coefficient (Wildman–Crippen LogP) is 2.29. The molecule has 1 heterocycles. The van der Waals surface area contributed by atoms with Gasteiger partial charge in [0.1, 0.15) is 0 Å². The van der Waals surface area contributed by atoms with Crippen LogP contribution in [0.15, 0.2) is 24.3 Å². The summed E-state index contributed by atoms with van der Waals surface area (Å²) in [5.41, 5.74) is 1.01. The Morgan fingerprint density at radius 3 is 2.80 bits per heavy atom. The summed E-state index contributed by atoms with van der Waals surface area (Å²) in [6.45, 7) is 3.76. The highest BCUT2D eigenvalue weighted by molar-refractivity contribution is 6.31. The lowest BCUT2D eigenvalue weighted by molar-refractivity contribution is -0.121. The lowest BCUT2D eigenvalue weighted by Gasteiger charge is -2.23. The molecule has 0 saturated carbocycles. The van der Waals surface area contributed by atoms with Crippen LogP contribution in [0.5, 0.6) is 0 Å². The second-order valence-electron chi connectivity index (χ2n) is 5.08. The Hall–Kier alpha value is -1.10. The minimum atomic E-state index is 0.0239. The van der Waals surface area contributed by atoms with Crippen molar-refractivity contribution in [2.45, 2.75) is 31.8 Å². The van der Waals surface area contributed by atoms with Crippen LogP contribution in [0.1, 0.15) is 31.4 Å². The fourth-order valence-electron chi connectivity index (χ4n) is 2.30. The largest absolute Gasteiger partial charge is 0.381 e. The molecule has 1 saturated heterocycles. The van der Waals surface area contributed by atoms with Crippen molar-refractivity contribution >= 4 is 17.5 Å². The molecule has 1 fully saturated rings. The number of nitrogens with one attached hydrogen (secondary N) is 2. The first-order valence-electron chi connectivity index (χ1n) is 7.01. The first kappa shape index (κ1) is 15.3. The minimum absolute atomic E-state index is 0.0239. The van der Waals surface area contributed by atoms with Crippen molar-refractivity contribution in [3.05, 3.63) is 34.9 Å². The van der Waals surface area contributed by atoms with Crippen LogP contribution in [0.25, 0.3) is 0 Å². The van der Waals surface area contributed by atoms with Crippen LogP contribution in [-0.2, 0) is 9.53 Å².